The normalized spacial score (nSPS) is 12.5. The number of hydrogen-bond donors (Lipinski definition) is 2. The molecule has 14 heavy (non-hydrogen) atoms. The highest BCUT2D eigenvalue weighted by Gasteiger charge is 2.12. The first-order chi connectivity index (χ1) is 6.52. The summed E-state index contributed by atoms with van der Waals surface area (Å²) in [6.07, 6.45) is -0.0128. The molecule has 3 N–H and O–H groups in total. The van der Waals surface area contributed by atoms with Gasteiger partial charge in [-0.25, -0.2) is 0 Å². The fourth-order valence-electron chi connectivity index (χ4n) is 1.29. The fourth-order valence-corrected chi connectivity index (χ4v) is 2.01. The summed E-state index contributed by atoms with van der Waals surface area (Å²) in [5.41, 5.74) is 6.56. The molecule has 0 heterocycles. The van der Waals surface area contributed by atoms with Crippen LogP contribution in [0.4, 0.5) is 0 Å². The van der Waals surface area contributed by atoms with E-state index < -0.39 is 12.0 Å². The van der Waals surface area contributed by atoms with Crippen molar-refractivity contribution in [3.05, 3.63) is 32.9 Å². The minimum absolute atomic E-state index is 0.445. The maximum Gasteiger partial charge on any atom is 0.249 e. The van der Waals surface area contributed by atoms with Gasteiger partial charge in [0.2, 0.25) is 5.91 Å². The molecular formula is C10H12INO2. The number of rotatable bonds is 3. The molecule has 0 saturated carbocycles. The third kappa shape index (κ3) is 2.68. The van der Waals surface area contributed by atoms with Gasteiger partial charge < -0.3 is 10.8 Å². The van der Waals surface area contributed by atoms with Gasteiger partial charge in [0.15, 0.2) is 0 Å². The van der Waals surface area contributed by atoms with Crippen LogP contribution in [-0.2, 0) is 6.42 Å². The number of halogens is 1. The van der Waals surface area contributed by atoms with Crippen LogP contribution in [0.3, 0.4) is 0 Å². The van der Waals surface area contributed by atoms with E-state index in [4.69, 9.17) is 5.73 Å². The molecule has 1 amide bonds. The Morgan fingerprint density at radius 2 is 2.29 bits per heavy atom. The number of primary amides is 1. The van der Waals surface area contributed by atoms with Gasteiger partial charge in [0, 0.05) is 9.13 Å². The van der Waals surface area contributed by atoms with E-state index in [1.165, 1.54) is 0 Å². The van der Waals surface area contributed by atoms with Crippen LogP contribution in [0.25, 0.3) is 0 Å². The van der Waals surface area contributed by atoms with Gasteiger partial charge in [-0.15, -0.1) is 0 Å². The molecule has 0 aromatic heterocycles. The maximum atomic E-state index is 11.1. The van der Waals surface area contributed by atoms with E-state index in [0.717, 1.165) is 9.13 Å². The third-order valence-electron chi connectivity index (χ3n) is 1.88. The summed E-state index contributed by atoms with van der Waals surface area (Å²) >= 11 is 2.13. The minimum atomic E-state index is -0.469. The molecule has 0 aliphatic rings. The Bertz CT molecular complexity index is 350. The van der Waals surface area contributed by atoms with E-state index >= 15 is 0 Å². The van der Waals surface area contributed by atoms with Gasteiger partial charge in [-0.2, -0.15) is 0 Å². The van der Waals surface area contributed by atoms with E-state index in [0.29, 0.717) is 12.0 Å². The quantitative estimate of drug-likeness (QED) is 0.827. The molecule has 0 aliphatic carbocycles. The molecule has 4 heteroatoms. The van der Waals surface area contributed by atoms with E-state index in [9.17, 15) is 9.90 Å². The Morgan fingerprint density at radius 3 is 2.79 bits per heavy atom. The van der Waals surface area contributed by atoms with Crippen molar-refractivity contribution in [3.8, 4) is 0 Å². The monoisotopic (exact) mass is 305 g/mol. The Hall–Kier alpha value is -0.620. The summed E-state index contributed by atoms with van der Waals surface area (Å²) in [5, 5.41) is 9.28. The van der Waals surface area contributed by atoms with Gasteiger partial charge in [-0.3, -0.25) is 4.79 Å². The number of benzene rings is 1. The van der Waals surface area contributed by atoms with Gasteiger partial charge in [-0.05, 0) is 53.6 Å². The number of aliphatic hydroxyl groups is 1. The molecule has 1 aromatic rings. The molecule has 0 radical (unpaired) electrons. The van der Waals surface area contributed by atoms with Crippen LogP contribution in [0.1, 0.15) is 22.8 Å². The van der Waals surface area contributed by atoms with Crippen molar-refractivity contribution < 1.29 is 9.90 Å². The van der Waals surface area contributed by atoms with Crippen LogP contribution < -0.4 is 5.73 Å². The summed E-state index contributed by atoms with van der Waals surface area (Å²) < 4.78 is 0.958. The van der Waals surface area contributed by atoms with Crippen LogP contribution in [0, 0.1) is 3.57 Å². The molecule has 0 spiro atoms. The number of carbonyl (C=O) groups excluding carboxylic acids is 1. The largest absolute Gasteiger partial charge is 0.393 e. The van der Waals surface area contributed by atoms with Crippen LogP contribution in [-0.4, -0.2) is 17.1 Å². The zero-order valence-corrected chi connectivity index (χ0v) is 9.98. The van der Waals surface area contributed by atoms with Crippen molar-refractivity contribution in [1.82, 2.24) is 0 Å². The van der Waals surface area contributed by atoms with E-state index in [2.05, 4.69) is 22.6 Å². The van der Waals surface area contributed by atoms with Crippen LogP contribution >= 0.6 is 22.6 Å². The minimum Gasteiger partial charge on any atom is -0.393 e. The lowest BCUT2D eigenvalue weighted by atomic mass is 10.0. The summed E-state index contributed by atoms with van der Waals surface area (Å²) in [6.45, 7) is 1.69. The van der Waals surface area contributed by atoms with Gasteiger partial charge in [0.1, 0.15) is 0 Å². The second-order valence-electron chi connectivity index (χ2n) is 3.18. The van der Waals surface area contributed by atoms with Crippen molar-refractivity contribution in [2.24, 2.45) is 5.73 Å². The predicted molar refractivity (Wildman–Crippen MR) is 63.1 cm³/mol. The summed E-state index contributed by atoms with van der Waals surface area (Å²) in [4.78, 5) is 11.1. The summed E-state index contributed by atoms with van der Waals surface area (Å²) in [6, 6.07) is 5.36. The molecule has 1 unspecified atom stereocenters. The van der Waals surface area contributed by atoms with E-state index in [-0.39, 0.29) is 0 Å². The molecular weight excluding hydrogens is 293 g/mol. The second kappa shape index (κ2) is 4.75. The lowest BCUT2D eigenvalue weighted by Crippen LogP contribution is -2.17. The SMILES string of the molecule is CC(O)Cc1c(I)cccc1C(N)=O. The molecule has 0 fully saturated rings. The van der Waals surface area contributed by atoms with Gasteiger partial charge in [0.25, 0.3) is 0 Å². The Morgan fingerprint density at radius 1 is 1.64 bits per heavy atom. The highest BCUT2D eigenvalue weighted by atomic mass is 127. The highest BCUT2D eigenvalue weighted by Crippen LogP contribution is 2.18. The molecule has 1 aromatic carbocycles. The van der Waals surface area contributed by atoms with Crippen LogP contribution in [0.15, 0.2) is 18.2 Å². The fraction of sp³-hybridized carbons (Fsp3) is 0.300. The first-order valence-electron chi connectivity index (χ1n) is 4.27. The first-order valence-corrected chi connectivity index (χ1v) is 5.35. The second-order valence-corrected chi connectivity index (χ2v) is 4.35. The zero-order chi connectivity index (χ0) is 10.7. The first kappa shape index (κ1) is 11.5. The number of aliphatic hydroxyl groups excluding tert-OH is 1. The number of nitrogens with two attached hydrogens (primary N) is 1. The molecule has 76 valence electrons. The Labute approximate surface area is 96.4 Å². The van der Waals surface area contributed by atoms with Crippen molar-refractivity contribution >= 4 is 28.5 Å². The Kier molecular flexibility index (Phi) is 3.88. The average Bonchev–Trinajstić information content (AvgIpc) is 2.07. The van der Waals surface area contributed by atoms with Gasteiger partial charge >= 0.3 is 0 Å². The van der Waals surface area contributed by atoms with Gasteiger partial charge in [0.05, 0.1) is 6.10 Å². The topological polar surface area (TPSA) is 63.3 Å². The van der Waals surface area contributed by atoms with Crippen molar-refractivity contribution in [2.75, 3.05) is 0 Å². The zero-order valence-electron chi connectivity index (χ0n) is 7.83. The third-order valence-corrected chi connectivity index (χ3v) is 2.89. The maximum absolute atomic E-state index is 11.1. The standard InChI is InChI=1S/C10H12INO2/c1-6(13)5-8-7(10(12)14)3-2-4-9(8)11/h2-4,6,13H,5H2,1H3,(H2,12,14). The molecule has 1 rings (SSSR count). The molecule has 0 aliphatic heterocycles. The number of amides is 1. The Balaban J connectivity index is 3.15. The molecule has 0 saturated heterocycles. The molecule has 3 nitrogen and oxygen atoms in total. The lowest BCUT2D eigenvalue weighted by Gasteiger charge is -2.10. The van der Waals surface area contributed by atoms with Gasteiger partial charge in [-0.1, -0.05) is 6.07 Å². The molecule has 0 bridgehead atoms. The van der Waals surface area contributed by atoms with Crippen molar-refractivity contribution in [1.29, 1.82) is 0 Å². The van der Waals surface area contributed by atoms with E-state index in [1.54, 1.807) is 19.1 Å². The smallest absolute Gasteiger partial charge is 0.249 e. The number of hydrogen-bond acceptors (Lipinski definition) is 2. The van der Waals surface area contributed by atoms with Crippen LogP contribution in [0.2, 0.25) is 0 Å². The highest BCUT2D eigenvalue weighted by molar-refractivity contribution is 14.1. The number of carbonyl (C=O) groups is 1. The predicted octanol–water partition coefficient (Wildman–Crippen LogP) is 1.31. The summed E-state index contributed by atoms with van der Waals surface area (Å²) in [7, 11) is 0. The van der Waals surface area contributed by atoms with Crippen molar-refractivity contribution in [3.63, 3.8) is 0 Å². The lowest BCUT2D eigenvalue weighted by molar-refractivity contribution is 0.0998. The average molecular weight is 305 g/mol. The summed E-state index contributed by atoms with van der Waals surface area (Å²) in [5.74, 6) is -0.445. The van der Waals surface area contributed by atoms with Crippen LogP contribution in [0.5, 0.6) is 0 Å². The molecule has 1 atom stereocenters. The van der Waals surface area contributed by atoms with Crippen molar-refractivity contribution in [2.45, 2.75) is 19.4 Å². The van der Waals surface area contributed by atoms with E-state index in [1.807, 2.05) is 6.07 Å².